The van der Waals surface area contributed by atoms with Crippen molar-refractivity contribution >= 4 is 19.4 Å². The molecule has 0 atom stereocenters. The predicted octanol–water partition coefficient (Wildman–Crippen LogP) is 1.26. The van der Waals surface area contributed by atoms with E-state index in [0.29, 0.717) is 13.2 Å². The molecule has 0 heterocycles. The van der Waals surface area contributed by atoms with Crippen LogP contribution < -0.4 is 10.4 Å². The third kappa shape index (κ3) is 4.07. The summed E-state index contributed by atoms with van der Waals surface area (Å²) >= 11 is 0. The summed E-state index contributed by atoms with van der Waals surface area (Å²) < 4.78 is 11.0. The van der Waals surface area contributed by atoms with Gasteiger partial charge in [0.2, 0.25) is 0 Å². The van der Waals surface area contributed by atoms with Crippen molar-refractivity contribution in [3.63, 3.8) is 0 Å². The molecule has 5 heteroatoms. The summed E-state index contributed by atoms with van der Waals surface area (Å²) in [5, 5.41) is 21.6. The number of para-hydroxylation sites is 2. The first-order valence-electron chi connectivity index (χ1n) is 6.79. The van der Waals surface area contributed by atoms with Gasteiger partial charge in [-0.1, -0.05) is 36.4 Å². The number of phenolic OH excluding ortho intramolecular Hbond substituents is 2. The third-order valence-electron chi connectivity index (χ3n) is 3.04. The molecule has 2 aromatic rings. The first-order valence-corrected chi connectivity index (χ1v) is 8.20. The minimum absolute atomic E-state index is 0.196. The maximum Gasteiger partial charge on any atom is 0.290 e. The minimum Gasteiger partial charge on any atom is -0.508 e. The molecule has 2 rings (SSSR count). The second-order valence-electron chi connectivity index (χ2n) is 4.56. The average molecular weight is 303 g/mol. The average Bonchev–Trinajstić information content (AvgIpc) is 2.50. The maximum absolute atomic E-state index is 10.1. The van der Waals surface area contributed by atoms with Gasteiger partial charge in [0, 0.05) is 30.7 Å². The number of aromatic hydroxyl groups is 2. The summed E-state index contributed by atoms with van der Waals surface area (Å²) in [7, 11) is -0.0453. The molecule has 4 nitrogen and oxygen atoms in total. The van der Waals surface area contributed by atoms with Gasteiger partial charge in [-0.2, -0.15) is 0 Å². The molecule has 0 aliphatic carbocycles. The van der Waals surface area contributed by atoms with Crippen LogP contribution in [0, 0.1) is 0 Å². The van der Waals surface area contributed by atoms with Crippen LogP contribution in [-0.4, -0.2) is 39.6 Å². The Labute approximate surface area is 126 Å². The van der Waals surface area contributed by atoms with E-state index >= 15 is 0 Å². The molecule has 2 N–H and O–H groups in total. The largest absolute Gasteiger partial charge is 0.508 e. The van der Waals surface area contributed by atoms with E-state index in [0.717, 1.165) is 16.8 Å². The van der Waals surface area contributed by atoms with E-state index in [1.54, 1.807) is 31.4 Å². The molecule has 0 aliphatic rings. The van der Waals surface area contributed by atoms with Gasteiger partial charge in [0.1, 0.15) is 11.5 Å². The molecule has 0 bridgehead atoms. The molecule has 21 heavy (non-hydrogen) atoms. The van der Waals surface area contributed by atoms with Gasteiger partial charge >= 0.3 is 0 Å². The van der Waals surface area contributed by atoms with Crippen molar-refractivity contribution in [3.05, 3.63) is 48.5 Å². The highest BCUT2D eigenvalue weighted by molar-refractivity contribution is 6.81. The second-order valence-corrected chi connectivity index (χ2v) is 6.58. The topological polar surface area (TPSA) is 58.9 Å². The smallest absolute Gasteiger partial charge is 0.290 e. The van der Waals surface area contributed by atoms with Gasteiger partial charge in [0.15, 0.2) is 0 Å². The van der Waals surface area contributed by atoms with Crippen molar-refractivity contribution in [1.29, 1.82) is 0 Å². The first-order chi connectivity index (χ1) is 10.2. The SMILES string of the molecule is COCCCO[Si](c1ccccc1O)c1ccccc1O. The van der Waals surface area contributed by atoms with E-state index in [1.165, 1.54) is 0 Å². The van der Waals surface area contributed by atoms with Crippen LogP contribution >= 0.6 is 0 Å². The highest BCUT2D eigenvalue weighted by Gasteiger charge is 2.24. The van der Waals surface area contributed by atoms with Crippen molar-refractivity contribution in [2.24, 2.45) is 0 Å². The fourth-order valence-corrected chi connectivity index (χ4v) is 4.09. The van der Waals surface area contributed by atoms with Crippen LogP contribution in [0.3, 0.4) is 0 Å². The first kappa shape index (κ1) is 15.6. The second kappa shape index (κ2) is 7.83. The van der Waals surface area contributed by atoms with Crippen LogP contribution in [0.15, 0.2) is 48.5 Å². The lowest BCUT2D eigenvalue weighted by Crippen LogP contribution is -2.45. The van der Waals surface area contributed by atoms with Crippen LogP contribution in [-0.2, 0) is 9.16 Å². The summed E-state index contributed by atoms with van der Waals surface area (Å²) in [6.45, 7) is 1.14. The summed E-state index contributed by atoms with van der Waals surface area (Å²) in [6.07, 6.45) is 0.770. The van der Waals surface area contributed by atoms with Crippen molar-refractivity contribution in [1.82, 2.24) is 0 Å². The lowest BCUT2D eigenvalue weighted by molar-refractivity contribution is 0.173. The van der Waals surface area contributed by atoms with Gasteiger partial charge in [0.25, 0.3) is 9.04 Å². The standard InChI is InChI=1S/C16H19O4Si/c1-19-11-6-12-20-21(15-9-4-2-7-13(15)17)16-10-5-3-8-14(16)18/h2-5,7-10,17-18H,6,11-12H2,1H3. The Kier molecular flexibility index (Phi) is 5.80. The van der Waals surface area contributed by atoms with E-state index in [4.69, 9.17) is 9.16 Å². The van der Waals surface area contributed by atoms with Gasteiger partial charge in [-0.05, 0) is 18.6 Å². The van der Waals surface area contributed by atoms with Gasteiger partial charge in [-0.15, -0.1) is 0 Å². The van der Waals surface area contributed by atoms with E-state index < -0.39 is 9.04 Å². The molecular weight excluding hydrogens is 284 g/mol. The third-order valence-corrected chi connectivity index (χ3v) is 5.35. The molecule has 0 saturated carbocycles. The number of phenols is 2. The van der Waals surface area contributed by atoms with E-state index in [-0.39, 0.29) is 11.5 Å². The van der Waals surface area contributed by atoms with Gasteiger partial charge in [0.05, 0.1) is 0 Å². The van der Waals surface area contributed by atoms with E-state index in [1.807, 2.05) is 24.3 Å². The summed E-state index contributed by atoms with van der Waals surface area (Å²) in [5.74, 6) is 0.391. The molecule has 0 amide bonds. The summed E-state index contributed by atoms with van der Waals surface area (Å²) in [6, 6.07) is 14.2. The van der Waals surface area contributed by atoms with Crippen molar-refractivity contribution < 1.29 is 19.4 Å². The fraction of sp³-hybridized carbons (Fsp3) is 0.250. The maximum atomic E-state index is 10.1. The number of hydrogen-bond donors (Lipinski definition) is 2. The lowest BCUT2D eigenvalue weighted by Gasteiger charge is -2.18. The Balaban J connectivity index is 2.27. The van der Waals surface area contributed by atoms with Crippen LogP contribution in [0.4, 0.5) is 0 Å². The normalized spacial score (nSPS) is 11.0. The fourth-order valence-electron chi connectivity index (χ4n) is 2.01. The Bertz CT molecular complexity index is 528. The summed E-state index contributed by atoms with van der Waals surface area (Å²) in [4.78, 5) is 0. The number of hydrogen-bond acceptors (Lipinski definition) is 4. The molecule has 0 fully saturated rings. The molecule has 0 spiro atoms. The Hall–Kier alpha value is -1.82. The molecule has 111 valence electrons. The zero-order valence-corrected chi connectivity index (χ0v) is 13.0. The highest BCUT2D eigenvalue weighted by atomic mass is 28.3. The Morgan fingerprint density at radius 3 is 1.86 bits per heavy atom. The number of rotatable bonds is 7. The highest BCUT2D eigenvalue weighted by Crippen LogP contribution is 2.11. The van der Waals surface area contributed by atoms with Crippen LogP contribution in [0.25, 0.3) is 0 Å². The Morgan fingerprint density at radius 1 is 0.857 bits per heavy atom. The number of benzene rings is 2. The van der Waals surface area contributed by atoms with Crippen molar-refractivity contribution in [2.75, 3.05) is 20.3 Å². The van der Waals surface area contributed by atoms with Crippen molar-refractivity contribution in [2.45, 2.75) is 6.42 Å². The lowest BCUT2D eigenvalue weighted by atomic mass is 10.3. The molecule has 1 radical (unpaired) electrons. The Morgan fingerprint density at radius 2 is 1.38 bits per heavy atom. The van der Waals surface area contributed by atoms with Crippen molar-refractivity contribution in [3.8, 4) is 11.5 Å². The molecule has 0 saturated heterocycles. The van der Waals surface area contributed by atoms with E-state index in [9.17, 15) is 10.2 Å². The quantitative estimate of drug-likeness (QED) is 0.597. The molecular formula is C16H19O4Si. The van der Waals surface area contributed by atoms with Gasteiger partial charge < -0.3 is 19.4 Å². The molecule has 2 aromatic carbocycles. The molecule has 0 aromatic heterocycles. The molecule has 0 aliphatic heterocycles. The van der Waals surface area contributed by atoms with Crippen LogP contribution in [0.5, 0.6) is 11.5 Å². The molecule has 0 unspecified atom stereocenters. The monoisotopic (exact) mass is 303 g/mol. The zero-order chi connectivity index (χ0) is 15.1. The summed E-state index contributed by atoms with van der Waals surface area (Å²) in [5.41, 5.74) is 0. The minimum atomic E-state index is -1.70. The van der Waals surface area contributed by atoms with E-state index in [2.05, 4.69) is 0 Å². The number of ether oxygens (including phenoxy) is 1. The number of methoxy groups -OCH3 is 1. The van der Waals surface area contributed by atoms with Gasteiger partial charge in [-0.25, -0.2) is 0 Å². The zero-order valence-electron chi connectivity index (χ0n) is 12.0. The van der Waals surface area contributed by atoms with Crippen LogP contribution in [0.1, 0.15) is 6.42 Å². The predicted molar refractivity (Wildman–Crippen MR) is 83.7 cm³/mol. The van der Waals surface area contributed by atoms with Gasteiger partial charge in [-0.3, -0.25) is 0 Å². The van der Waals surface area contributed by atoms with Crippen LogP contribution in [0.2, 0.25) is 0 Å².